The number of amides is 2. The zero-order valence-corrected chi connectivity index (χ0v) is 19.0. The number of thioether (sulfide) groups is 1. The van der Waals surface area contributed by atoms with Crippen molar-refractivity contribution >= 4 is 35.0 Å². The second-order valence-electron chi connectivity index (χ2n) is 7.26. The number of ether oxygens (including phenoxy) is 2. The Labute approximate surface area is 201 Å². The van der Waals surface area contributed by atoms with E-state index in [2.05, 4.69) is 22.0 Å². The van der Waals surface area contributed by atoms with Crippen LogP contribution in [0.1, 0.15) is 15.9 Å². The quantitative estimate of drug-likeness (QED) is 0.402. The van der Waals surface area contributed by atoms with Crippen LogP contribution in [0.2, 0.25) is 0 Å². The molecule has 1 heterocycles. The molecule has 172 valence electrons. The van der Waals surface area contributed by atoms with E-state index in [9.17, 15) is 9.59 Å². The van der Waals surface area contributed by atoms with Crippen molar-refractivity contribution < 1.29 is 19.1 Å². The lowest BCUT2D eigenvalue weighted by Crippen LogP contribution is -2.26. The summed E-state index contributed by atoms with van der Waals surface area (Å²) in [4.78, 5) is 26.2. The normalized spacial score (nSPS) is 11.4. The number of benzene rings is 3. The maximum Gasteiger partial charge on any atom is 0.253 e. The Bertz CT molecular complexity index is 1240. The van der Waals surface area contributed by atoms with Gasteiger partial charge in [0.2, 0.25) is 12.7 Å². The maximum atomic E-state index is 12.8. The highest BCUT2D eigenvalue weighted by atomic mass is 32.2. The highest BCUT2D eigenvalue weighted by Crippen LogP contribution is 2.32. The number of nitriles is 1. The molecule has 2 amide bonds. The number of carbonyl (C=O) groups excluding carboxylic acids is 2. The monoisotopic (exact) mass is 474 g/mol. The van der Waals surface area contributed by atoms with Crippen LogP contribution in [0.3, 0.4) is 0 Å². The molecule has 0 saturated heterocycles. The zero-order chi connectivity index (χ0) is 23.8. The van der Waals surface area contributed by atoms with Crippen molar-refractivity contribution in [3.63, 3.8) is 0 Å². The van der Waals surface area contributed by atoms with Gasteiger partial charge in [0.1, 0.15) is 0 Å². The fourth-order valence-corrected chi connectivity index (χ4v) is 4.01. The summed E-state index contributed by atoms with van der Waals surface area (Å²) in [6.45, 7) is 0.493. The molecule has 8 nitrogen and oxygen atoms in total. The number of fused-ring (bicyclic) bond motifs is 1. The first-order valence-electron chi connectivity index (χ1n) is 10.5. The van der Waals surface area contributed by atoms with Crippen LogP contribution in [-0.2, 0) is 11.3 Å². The first kappa shape index (κ1) is 23.0. The van der Waals surface area contributed by atoms with Crippen LogP contribution < -0.4 is 25.4 Å². The Kier molecular flexibility index (Phi) is 7.53. The molecule has 0 fully saturated rings. The van der Waals surface area contributed by atoms with E-state index in [0.717, 1.165) is 10.5 Å². The summed E-state index contributed by atoms with van der Waals surface area (Å²) in [6.07, 6.45) is 0. The van der Waals surface area contributed by atoms with E-state index >= 15 is 0 Å². The van der Waals surface area contributed by atoms with Crippen molar-refractivity contribution in [1.29, 1.82) is 5.26 Å². The number of hydrogen-bond acceptors (Lipinski definition) is 7. The molecule has 0 unspecified atom stereocenters. The van der Waals surface area contributed by atoms with Crippen LogP contribution >= 0.6 is 11.8 Å². The SMILES string of the molecule is N#CCSc1ccccc1NC(=O)CNc1ccccc1C(=O)NCc1ccc2c(c1)OCO2. The van der Waals surface area contributed by atoms with Crippen molar-refractivity contribution in [3.05, 3.63) is 77.9 Å². The predicted molar refractivity (Wildman–Crippen MR) is 130 cm³/mol. The number of rotatable bonds is 9. The number of anilines is 2. The van der Waals surface area contributed by atoms with Crippen molar-refractivity contribution in [3.8, 4) is 17.6 Å². The molecule has 4 rings (SSSR count). The van der Waals surface area contributed by atoms with Gasteiger partial charge in [-0.05, 0) is 42.0 Å². The molecule has 0 aromatic heterocycles. The van der Waals surface area contributed by atoms with E-state index in [0.29, 0.717) is 40.7 Å². The molecule has 0 spiro atoms. The van der Waals surface area contributed by atoms with Gasteiger partial charge in [-0.2, -0.15) is 5.26 Å². The van der Waals surface area contributed by atoms with Gasteiger partial charge in [0.05, 0.1) is 29.6 Å². The second kappa shape index (κ2) is 11.1. The molecule has 0 saturated carbocycles. The molecule has 34 heavy (non-hydrogen) atoms. The van der Waals surface area contributed by atoms with Gasteiger partial charge in [-0.1, -0.05) is 30.3 Å². The van der Waals surface area contributed by atoms with Gasteiger partial charge in [-0.3, -0.25) is 9.59 Å². The van der Waals surface area contributed by atoms with Gasteiger partial charge in [0.15, 0.2) is 11.5 Å². The van der Waals surface area contributed by atoms with Crippen LogP contribution in [0.25, 0.3) is 0 Å². The lowest BCUT2D eigenvalue weighted by molar-refractivity contribution is -0.114. The molecule has 3 aromatic rings. The minimum atomic E-state index is -0.264. The number of carbonyl (C=O) groups is 2. The van der Waals surface area contributed by atoms with Crippen LogP contribution in [0.15, 0.2) is 71.6 Å². The Morgan fingerprint density at radius 2 is 1.74 bits per heavy atom. The van der Waals surface area contributed by atoms with E-state index in [1.54, 1.807) is 30.3 Å². The summed E-state index contributed by atoms with van der Waals surface area (Å²) in [5.74, 6) is 1.11. The Morgan fingerprint density at radius 3 is 2.59 bits per heavy atom. The molecule has 1 aliphatic rings. The summed E-state index contributed by atoms with van der Waals surface area (Å²) in [5, 5.41) is 17.6. The number of nitrogens with zero attached hydrogens (tertiary/aromatic N) is 1. The minimum absolute atomic E-state index is 0.0241. The molecule has 0 bridgehead atoms. The largest absolute Gasteiger partial charge is 0.454 e. The average Bonchev–Trinajstić information content (AvgIpc) is 3.34. The number of para-hydroxylation sites is 2. The molecule has 1 aliphatic heterocycles. The van der Waals surface area contributed by atoms with Crippen molar-refractivity contribution in [1.82, 2.24) is 5.32 Å². The maximum absolute atomic E-state index is 12.8. The van der Waals surface area contributed by atoms with Gasteiger partial charge in [-0.25, -0.2) is 0 Å². The predicted octanol–water partition coefficient (Wildman–Crippen LogP) is 4.01. The minimum Gasteiger partial charge on any atom is -0.454 e. The van der Waals surface area contributed by atoms with Gasteiger partial charge in [-0.15, -0.1) is 11.8 Å². The summed E-state index contributed by atoms with van der Waals surface area (Å²) >= 11 is 1.36. The molecule has 9 heteroatoms. The molecular weight excluding hydrogens is 452 g/mol. The highest BCUT2D eigenvalue weighted by molar-refractivity contribution is 7.99. The highest BCUT2D eigenvalue weighted by Gasteiger charge is 2.15. The standard InChI is InChI=1S/C25H22N4O4S/c26-11-12-34-23-8-4-3-7-20(23)29-24(30)15-27-19-6-2-1-5-18(19)25(31)28-14-17-9-10-21-22(13-17)33-16-32-21/h1-10,13,27H,12,14-16H2,(H,28,31)(H,29,30). The first-order valence-corrected chi connectivity index (χ1v) is 11.5. The molecule has 3 N–H and O–H groups in total. The number of hydrogen-bond donors (Lipinski definition) is 3. The molecule has 3 aromatic carbocycles. The summed E-state index contributed by atoms with van der Waals surface area (Å²) in [5.41, 5.74) is 2.51. The summed E-state index contributed by atoms with van der Waals surface area (Å²) in [6, 6.07) is 21.9. The van der Waals surface area contributed by atoms with Gasteiger partial charge >= 0.3 is 0 Å². The lowest BCUT2D eigenvalue weighted by Gasteiger charge is -2.13. The first-order chi connectivity index (χ1) is 16.6. The fourth-order valence-electron chi connectivity index (χ4n) is 3.34. The third-order valence-electron chi connectivity index (χ3n) is 4.95. The molecular formula is C25H22N4O4S. The van der Waals surface area contributed by atoms with Crippen molar-refractivity contribution in [2.75, 3.05) is 29.7 Å². The Balaban J connectivity index is 1.34. The third-order valence-corrected chi connectivity index (χ3v) is 5.89. The Morgan fingerprint density at radius 1 is 0.971 bits per heavy atom. The second-order valence-corrected chi connectivity index (χ2v) is 8.28. The van der Waals surface area contributed by atoms with Gasteiger partial charge in [0.25, 0.3) is 5.91 Å². The Hall–Kier alpha value is -4.16. The van der Waals surface area contributed by atoms with Gasteiger partial charge < -0.3 is 25.4 Å². The zero-order valence-electron chi connectivity index (χ0n) is 18.2. The summed E-state index contributed by atoms with van der Waals surface area (Å²) < 4.78 is 10.7. The van der Waals surface area contributed by atoms with E-state index < -0.39 is 0 Å². The summed E-state index contributed by atoms with van der Waals surface area (Å²) in [7, 11) is 0. The smallest absolute Gasteiger partial charge is 0.253 e. The van der Waals surface area contributed by atoms with E-state index in [-0.39, 0.29) is 25.2 Å². The topological polar surface area (TPSA) is 112 Å². The number of nitrogens with one attached hydrogen (secondary N) is 3. The third kappa shape index (κ3) is 5.79. The van der Waals surface area contributed by atoms with Crippen LogP contribution in [-0.4, -0.2) is 30.9 Å². The molecule has 0 aliphatic carbocycles. The van der Waals surface area contributed by atoms with E-state index in [1.807, 2.05) is 36.4 Å². The van der Waals surface area contributed by atoms with Crippen LogP contribution in [0.5, 0.6) is 11.5 Å². The van der Waals surface area contributed by atoms with Gasteiger partial charge in [0, 0.05) is 17.1 Å². The average molecular weight is 475 g/mol. The molecule has 0 atom stereocenters. The fraction of sp³-hybridized carbons (Fsp3) is 0.160. The van der Waals surface area contributed by atoms with Crippen LogP contribution in [0.4, 0.5) is 11.4 Å². The van der Waals surface area contributed by atoms with E-state index in [4.69, 9.17) is 14.7 Å². The van der Waals surface area contributed by atoms with Crippen LogP contribution in [0, 0.1) is 11.3 Å². The van der Waals surface area contributed by atoms with Crippen molar-refractivity contribution in [2.45, 2.75) is 11.4 Å². The lowest BCUT2D eigenvalue weighted by atomic mass is 10.1. The molecule has 0 radical (unpaired) electrons. The van der Waals surface area contributed by atoms with Crippen molar-refractivity contribution in [2.24, 2.45) is 0 Å². The van der Waals surface area contributed by atoms with E-state index in [1.165, 1.54) is 11.8 Å².